The standard InChI is InChI=1S/C38H65NO2/c1-6-8-16-29(3)28-38(34-20-10-9-11-21-34)23-13-12-22-35(30(4)26-36(40)39-25-7-2)37(41)31(5)33(19-15-24-38)27-32-17-14-18-32/h9-11,20-21,29-33,35,37,41H,6-8,12-19,22-28H2,1-5H3,(H,39,40)/t29?,30?,31?,33?,35?,37?,38-/m1/s1. The van der Waals surface area contributed by atoms with E-state index in [0.717, 1.165) is 37.6 Å². The average Bonchev–Trinajstić information content (AvgIpc) is 2.94. The number of amides is 1. The van der Waals surface area contributed by atoms with Crippen LogP contribution in [0.4, 0.5) is 0 Å². The molecule has 7 atom stereocenters. The van der Waals surface area contributed by atoms with Crippen molar-refractivity contribution in [1.82, 2.24) is 5.32 Å². The van der Waals surface area contributed by atoms with Gasteiger partial charge in [-0.2, -0.15) is 0 Å². The number of aliphatic hydroxyl groups excluding tert-OH is 1. The highest BCUT2D eigenvalue weighted by Crippen LogP contribution is 2.45. The molecule has 3 nitrogen and oxygen atoms in total. The normalized spacial score (nSPS) is 29.9. The second kappa shape index (κ2) is 17.7. The zero-order chi connectivity index (χ0) is 29.7. The molecule has 1 amide bonds. The first-order valence-corrected chi connectivity index (χ1v) is 17.8. The molecule has 0 spiro atoms. The molecule has 2 aliphatic carbocycles. The predicted octanol–water partition coefficient (Wildman–Crippen LogP) is 9.86. The van der Waals surface area contributed by atoms with E-state index in [-0.39, 0.29) is 35.2 Å². The Morgan fingerprint density at radius 1 is 0.976 bits per heavy atom. The van der Waals surface area contributed by atoms with Crippen LogP contribution in [0.1, 0.15) is 149 Å². The smallest absolute Gasteiger partial charge is 0.220 e. The van der Waals surface area contributed by atoms with Crippen LogP contribution >= 0.6 is 0 Å². The number of hydrogen-bond acceptors (Lipinski definition) is 2. The van der Waals surface area contributed by atoms with Crippen LogP contribution in [0.2, 0.25) is 0 Å². The van der Waals surface area contributed by atoms with E-state index in [2.05, 4.69) is 70.3 Å². The summed E-state index contributed by atoms with van der Waals surface area (Å²) in [6.07, 6.45) is 20.2. The van der Waals surface area contributed by atoms with Gasteiger partial charge in [0.2, 0.25) is 5.91 Å². The molecule has 2 aliphatic rings. The van der Waals surface area contributed by atoms with E-state index in [4.69, 9.17) is 0 Å². The molecular weight excluding hydrogens is 502 g/mol. The van der Waals surface area contributed by atoms with Gasteiger partial charge in [0, 0.05) is 13.0 Å². The Morgan fingerprint density at radius 2 is 1.71 bits per heavy atom. The maximum absolute atomic E-state index is 12.7. The van der Waals surface area contributed by atoms with Crippen LogP contribution in [-0.4, -0.2) is 23.7 Å². The minimum absolute atomic E-state index is 0.153. The zero-order valence-corrected chi connectivity index (χ0v) is 27.5. The molecule has 0 saturated heterocycles. The van der Waals surface area contributed by atoms with Gasteiger partial charge in [0.15, 0.2) is 0 Å². The first kappa shape index (κ1) is 34.1. The lowest BCUT2D eigenvalue weighted by Crippen LogP contribution is -2.39. The first-order chi connectivity index (χ1) is 19.8. The number of carbonyl (C=O) groups is 1. The highest BCUT2D eigenvalue weighted by atomic mass is 16.3. The molecule has 2 fully saturated rings. The Morgan fingerprint density at radius 3 is 2.37 bits per heavy atom. The van der Waals surface area contributed by atoms with Gasteiger partial charge in [0.25, 0.3) is 0 Å². The number of aliphatic hydroxyl groups is 1. The van der Waals surface area contributed by atoms with Crippen LogP contribution in [0, 0.1) is 35.5 Å². The number of unbranched alkanes of at least 4 members (excludes halogenated alkanes) is 1. The first-order valence-electron chi connectivity index (χ1n) is 17.8. The Bertz CT molecular complexity index is 851. The van der Waals surface area contributed by atoms with Crippen molar-refractivity contribution in [3.8, 4) is 0 Å². The molecule has 1 aromatic rings. The Hall–Kier alpha value is -1.35. The minimum atomic E-state index is -0.318. The summed E-state index contributed by atoms with van der Waals surface area (Å²) in [5, 5.41) is 15.0. The quantitative estimate of drug-likeness (QED) is 0.249. The summed E-state index contributed by atoms with van der Waals surface area (Å²) >= 11 is 0. The average molecular weight is 568 g/mol. The van der Waals surface area contributed by atoms with Crippen molar-refractivity contribution < 1.29 is 9.90 Å². The molecule has 0 radical (unpaired) electrons. The third-order valence-electron chi connectivity index (χ3n) is 11.2. The van der Waals surface area contributed by atoms with Crippen molar-refractivity contribution in [2.75, 3.05) is 6.54 Å². The van der Waals surface area contributed by atoms with Crippen LogP contribution < -0.4 is 5.32 Å². The van der Waals surface area contributed by atoms with Crippen molar-refractivity contribution >= 4 is 5.91 Å². The van der Waals surface area contributed by atoms with Crippen LogP contribution in [0.5, 0.6) is 0 Å². The molecule has 0 bridgehead atoms. The van der Waals surface area contributed by atoms with Crippen molar-refractivity contribution in [3.05, 3.63) is 35.9 Å². The maximum atomic E-state index is 12.7. The predicted molar refractivity (Wildman–Crippen MR) is 175 cm³/mol. The van der Waals surface area contributed by atoms with E-state index in [1.54, 1.807) is 5.56 Å². The summed E-state index contributed by atoms with van der Waals surface area (Å²) in [6, 6.07) is 11.5. The molecule has 2 N–H and O–H groups in total. The van der Waals surface area contributed by atoms with E-state index >= 15 is 0 Å². The maximum Gasteiger partial charge on any atom is 0.220 e. The summed E-state index contributed by atoms with van der Waals surface area (Å²) in [7, 11) is 0. The number of nitrogens with one attached hydrogen (secondary N) is 1. The summed E-state index contributed by atoms with van der Waals surface area (Å²) in [5.41, 5.74) is 1.80. The topological polar surface area (TPSA) is 49.3 Å². The number of carbonyl (C=O) groups excluding carboxylic acids is 1. The van der Waals surface area contributed by atoms with Gasteiger partial charge in [-0.3, -0.25) is 4.79 Å². The van der Waals surface area contributed by atoms with Gasteiger partial charge in [-0.05, 0) is 85.0 Å². The van der Waals surface area contributed by atoms with Gasteiger partial charge < -0.3 is 10.4 Å². The molecule has 1 aromatic carbocycles. The molecule has 6 unspecified atom stereocenters. The molecule has 0 aliphatic heterocycles. The van der Waals surface area contributed by atoms with Crippen LogP contribution in [0.15, 0.2) is 30.3 Å². The van der Waals surface area contributed by atoms with Crippen molar-refractivity contribution in [2.24, 2.45) is 35.5 Å². The number of benzene rings is 1. The lowest BCUT2D eigenvalue weighted by Gasteiger charge is -2.41. The lowest BCUT2D eigenvalue weighted by molar-refractivity contribution is -0.123. The molecule has 3 heteroatoms. The Kier molecular flexibility index (Phi) is 14.7. The molecule has 234 valence electrons. The van der Waals surface area contributed by atoms with E-state index in [1.165, 1.54) is 83.5 Å². The molecular formula is C38H65NO2. The van der Waals surface area contributed by atoms with Crippen LogP contribution in [-0.2, 0) is 10.2 Å². The molecule has 41 heavy (non-hydrogen) atoms. The fraction of sp³-hybridized carbons (Fsp3) is 0.816. The van der Waals surface area contributed by atoms with Gasteiger partial charge in [-0.15, -0.1) is 0 Å². The minimum Gasteiger partial charge on any atom is -0.393 e. The van der Waals surface area contributed by atoms with E-state index in [1.807, 2.05) is 0 Å². The monoisotopic (exact) mass is 568 g/mol. The third-order valence-corrected chi connectivity index (χ3v) is 11.2. The lowest BCUT2D eigenvalue weighted by atomic mass is 9.64. The van der Waals surface area contributed by atoms with Crippen molar-refractivity contribution in [1.29, 1.82) is 0 Å². The molecule has 0 aromatic heterocycles. The summed E-state index contributed by atoms with van der Waals surface area (Å²) in [4.78, 5) is 12.7. The summed E-state index contributed by atoms with van der Waals surface area (Å²) in [6.45, 7) is 12.2. The van der Waals surface area contributed by atoms with E-state index in [0.29, 0.717) is 12.3 Å². The largest absolute Gasteiger partial charge is 0.393 e. The van der Waals surface area contributed by atoms with Crippen molar-refractivity contribution in [2.45, 2.75) is 155 Å². The summed E-state index contributed by atoms with van der Waals surface area (Å²) in [5.74, 6) is 3.00. The number of rotatable bonds is 13. The molecule has 0 heterocycles. The fourth-order valence-corrected chi connectivity index (χ4v) is 8.39. The second-order valence-electron chi connectivity index (χ2n) is 14.6. The fourth-order valence-electron chi connectivity index (χ4n) is 8.39. The van der Waals surface area contributed by atoms with Gasteiger partial charge in [-0.25, -0.2) is 0 Å². The SMILES string of the molecule is CCCCC(C)C[C@@]1(c2ccccc2)CCCCC(C(C)CC(=O)NCCC)C(O)C(C)C(CC2CCC2)CCC1. The zero-order valence-electron chi connectivity index (χ0n) is 27.5. The van der Waals surface area contributed by atoms with E-state index < -0.39 is 0 Å². The highest BCUT2D eigenvalue weighted by Gasteiger charge is 2.38. The summed E-state index contributed by atoms with van der Waals surface area (Å²) < 4.78 is 0. The highest BCUT2D eigenvalue weighted by molar-refractivity contribution is 5.76. The molecule has 2 saturated carbocycles. The van der Waals surface area contributed by atoms with Crippen LogP contribution in [0.3, 0.4) is 0 Å². The Balaban J connectivity index is 1.86. The van der Waals surface area contributed by atoms with Gasteiger partial charge in [0.05, 0.1) is 6.10 Å². The Labute approximate surface area is 254 Å². The third kappa shape index (κ3) is 10.4. The van der Waals surface area contributed by atoms with Gasteiger partial charge >= 0.3 is 0 Å². The van der Waals surface area contributed by atoms with Crippen molar-refractivity contribution in [3.63, 3.8) is 0 Å². The number of hydrogen-bond donors (Lipinski definition) is 2. The van der Waals surface area contributed by atoms with Gasteiger partial charge in [0.1, 0.15) is 0 Å². The molecule has 3 rings (SSSR count). The second-order valence-corrected chi connectivity index (χ2v) is 14.6. The van der Waals surface area contributed by atoms with E-state index in [9.17, 15) is 9.90 Å². The van der Waals surface area contributed by atoms with Crippen LogP contribution in [0.25, 0.3) is 0 Å². The van der Waals surface area contributed by atoms with Gasteiger partial charge in [-0.1, -0.05) is 129 Å².